The lowest BCUT2D eigenvalue weighted by atomic mass is 10.1. The molecule has 0 saturated heterocycles. The molecule has 0 aliphatic carbocycles. The van der Waals surface area contributed by atoms with E-state index < -0.39 is 0 Å². The molecule has 2 aromatic heterocycles. The summed E-state index contributed by atoms with van der Waals surface area (Å²) in [5.41, 5.74) is 6.99. The average molecular weight is 341 g/mol. The van der Waals surface area contributed by atoms with Gasteiger partial charge in [-0.05, 0) is 55.5 Å². The molecule has 5 heteroatoms. The molecular formula is C19H23N3OS. The highest BCUT2D eigenvalue weighted by molar-refractivity contribution is 7.13. The monoisotopic (exact) mass is 341 g/mol. The van der Waals surface area contributed by atoms with Gasteiger partial charge in [-0.1, -0.05) is 12.1 Å². The van der Waals surface area contributed by atoms with E-state index in [1.54, 1.807) is 11.3 Å². The largest absolute Gasteiger partial charge is 0.394 e. The maximum atomic E-state index is 9.12. The fourth-order valence-corrected chi connectivity index (χ4v) is 3.86. The van der Waals surface area contributed by atoms with Crippen LogP contribution in [0.5, 0.6) is 0 Å². The third-order valence-electron chi connectivity index (χ3n) is 4.30. The van der Waals surface area contributed by atoms with Crippen LogP contribution in [0.2, 0.25) is 0 Å². The van der Waals surface area contributed by atoms with E-state index in [-0.39, 0.29) is 6.61 Å². The fourth-order valence-electron chi connectivity index (χ4n) is 2.93. The number of benzene rings is 1. The van der Waals surface area contributed by atoms with Crippen LogP contribution in [0, 0.1) is 20.8 Å². The van der Waals surface area contributed by atoms with E-state index in [1.807, 2.05) is 11.6 Å². The minimum absolute atomic E-state index is 0.108. The summed E-state index contributed by atoms with van der Waals surface area (Å²) in [6.45, 7) is 7.60. The van der Waals surface area contributed by atoms with Crippen LogP contribution in [-0.2, 0) is 13.1 Å². The first-order valence-corrected chi connectivity index (χ1v) is 9.00. The minimum Gasteiger partial charge on any atom is -0.394 e. The molecule has 0 aliphatic rings. The number of aryl methyl sites for hydroxylation is 2. The van der Waals surface area contributed by atoms with Gasteiger partial charge in [-0.25, -0.2) is 0 Å². The number of hydrogen-bond acceptors (Lipinski definition) is 4. The van der Waals surface area contributed by atoms with Crippen molar-refractivity contribution < 1.29 is 5.11 Å². The summed E-state index contributed by atoms with van der Waals surface area (Å²) in [4.78, 5) is 1.32. The second-order valence-electron chi connectivity index (χ2n) is 5.96. The molecule has 1 aromatic carbocycles. The van der Waals surface area contributed by atoms with Gasteiger partial charge in [-0.15, -0.1) is 11.3 Å². The van der Waals surface area contributed by atoms with Crippen molar-refractivity contribution in [2.45, 2.75) is 33.9 Å². The zero-order valence-electron chi connectivity index (χ0n) is 14.3. The fraction of sp³-hybridized carbons (Fsp3) is 0.316. The Morgan fingerprint density at radius 2 is 2.04 bits per heavy atom. The number of anilines is 1. The van der Waals surface area contributed by atoms with E-state index in [9.17, 15) is 0 Å². The molecule has 0 bridgehead atoms. The first-order chi connectivity index (χ1) is 11.6. The molecule has 0 spiro atoms. The maximum Gasteiger partial charge on any atom is 0.0646 e. The quantitative estimate of drug-likeness (QED) is 0.708. The van der Waals surface area contributed by atoms with Crippen LogP contribution in [-0.4, -0.2) is 21.5 Å². The van der Waals surface area contributed by atoms with Gasteiger partial charge in [-0.2, -0.15) is 5.10 Å². The molecule has 0 fully saturated rings. The molecule has 126 valence electrons. The Hall–Kier alpha value is -2.11. The summed E-state index contributed by atoms with van der Waals surface area (Å²) in [6, 6.07) is 10.7. The van der Waals surface area contributed by atoms with Crippen molar-refractivity contribution in [3.8, 4) is 10.4 Å². The molecule has 0 radical (unpaired) electrons. The Bertz CT molecular complexity index is 835. The normalized spacial score (nSPS) is 11.0. The molecule has 4 nitrogen and oxygen atoms in total. The van der Waals surface area contributed by atoms with Crippen LogP contribution in [0.25, 0.3) is 10.4 Å². The zero-order valence-corrected chi connectivity index (χ0v) is 15.2. The first kappa shape index (κ1) is 16.7. The molecule has 24 heavy (non-hydrogen) atoms. The highest BCUT2D eigenvalue weighted by atomic mass is 32.1. The lowest BCUT2D eigenvalue weighted by Gasteiger charge is -2.09. The first-order valence-electron chi connectivity index (χ1n) is 8.12. The third-order valence-corrected chi connectivity index (χ3v) is 5.36. The topological polar surface area (TPSA) is 50.1 Å². The molecule has 0 atom stereocenters. The van der Waals surface area contributed by atoms with Gasteiger partial charge in [0.2, 0.25) is 0 Å². The minimum atomic E-state index is 0.108. The lowest BCUT2D eigenvalue weighted by Crippen LogP contribution is -2.07. The lowest BCUT2D eigenvalue weighted by molar-refractivity contribution is 0.268. The number of aromatic nitrogens is 2. The van der Waals surface area contributed by atoms with Crippen molar-refractivity contribution in [1.82, 2.24) is 9.78 Å². The van der Waals surface area contributed by atoms with Crippen LogP contribution in [0.1, 0.15) is 22.5 Å². The van der Waals surface area contributed by atoms with Gasteiger partial charge in [0, 0.05) is 28.4 Å². The van der Waals surface area contributed by atoms with Gasteiger partial charge in [0.15, 0.2) is 0 Å². The van der Waals surface area contributed by atoms with E-state index in [2.05, 4.69) is 60.0 Å². The summed E-state index contributed by atoms with van der Waals surface area (Å²) in [5.74, 6) is 0. The van der Waals surface area contributed by atoms with Gasteiger partial charge < -0.3 is 10.4 Å². The van der Waals surface area contributed by atoms with E-state index >= 15 is 0 Å². The number of nitrogens with zero attached hydrogens (tertiary/aromatic N) is 2. The van der Waals surface area contributed by atoms with Crippen molar-refractivity contribution in [1.29, 1.82) is 0 Å². The Balaban J connectivity index is 1.77. The van der Waals surface area contributed by atoms with Gasteiger partial charge in [-0.3, -0.25) is 4.68 Å². The van der Waals surface area contributed by atoms with E-state index in [1.165, 1.54) is 21.6 Å². The second-order valence-corrected chi connectivity index (χ2v) is 6.88. The van der Waals surface area contributed by atoms with Crippen molar-refractivity contribution >= 4 is 17.0 Å². The molecule has 3 aromatic rings. The molecular weight excluding hydrogens is 318 g/mol. The predicted octanol–water partition coefficient (Wildman–Crippen LogP) is 4.14. The molecule has 2 heterocycles. The van der Waals surface area contributed by atoms with E-state index in [4.69, 9.17) is 5.11 Å². The standard InChI is InChI=1S/C19H23N3OS/c1-13-7-10-24-19(13)16-5-4-6-17(11-16)20-12-18-14(2)21-22(8-9-23)15(18)3/h4-7,10-11,20,23H,8-9,12H2,1-3H3. The zero-order chi connectivity index (χ0) is 17.1. The number of nitrogens with one attached hydrogen (secondary N) is 1. The highest BCUT2D eigenvalue weighted by Gasteiger charge is 2.11. The summed E-state index contributed by atoms with van der Waals surface area (Å²) < 4.78 is 1.87. The van der Waals surface area contributed by atoms with Crippen molar-refractivity contribution in [3.63, 3.8) is 0 Å². The van der Waals surface area contributed by atoms with Crippen molar-refractivity contribution in [2.75, 3.05) is 11.9 Å². The molecule has 0 unspecified atom stereocenters. The molecule has 0 amide bonds. The van der Waals surface area contributed by atoms with Crippen molar-refractivity contribution in [2.24, 2.45) is 0 Å². The average Bonchev–Trinajstić information content (AvgIpc) is 3.11. The number of thiophene rings is 1. The van der Waals surface area contributed by atoms with Gasteiger partial charge in [0.05, 0.1) is 18.8 Å². The Morgan fingerprint density at radius 3 is 2.75 bits per heavy atom. The third kappa shape index (κ3) is 3.37. The summed E-state index contributed by atoms with van der Waals surface area (Å²) in [6.07, 6.45) is 0. The molecule has 3 rings (SSSR count). The summed E-state index contributed by atoms with van der Waals surface area (Å²) in [5, 5.41) is 19.3. The number of rotatable bonds is 6. The summed E-state index contributed by atoms with van der Waals surface area (Å²) in [7, 11) is 0. The van der Waals surface area contributed by atoms with Crippen LogP contribution in [0.15, 0.2) is 35.7 Å². The van der Waals surface area contributed by atoms with Crippen LogP contribution < -0.4 is 5.32 Å². The predicted molar refractivity (Wildman–Crippen MR) is 101 cm³/mol. The van der Waals surface area contributed by atoms with Crippen LogP contribution >= 0.6 is 11.3 Å². The van der Waals surface area contributed by atoms with Crippen LogP contribution in [0.4, 0.5) is 5.69 Å². The number of aliphatic hydroxyl groups excluding tert-OH is 1. The number of aliphatic hydroxyl groups is 1. The molecule has 2 N–H and O–H groups in total. The maximum absolute atomic E-state index is 9.12. The SMILES string of the molecule is Cc1ccsc1-c1cccc(NCc2c(C)nn(CCO)c2C)c1. The molecule has 0 aliphatic heterocycles. The Morgan fingerprint density at radius 1 is 1.21 bits per heavy atom. The summed E-state index contributed by atoms with van der Waals surface area (Å²) >= 11 is 1.77. The van der Waals surface area contributed by atoms with Crippen molar-refractivity contribution in [3.05, 3.63) is 58.2 Å². The smallest absolute Gasteiger partial charge is 0.0646 e. The van der Waals surface area contributed by atoms with Gasteiger partial charge in [0.25, 0.3) is 0 Å². The van der Waals surface area contributed by atoms with E-state index in [0.717, 1.165) is 23.6 Å². The van der Waals surface area contributed by atoms with Gasteiger partial charge in [0.1, 0.15) is 0 Å². The Labute approximate surface area is 146 Å². The Kier molecular flexibility index (Phi) is 5.02. The second kappa shape index (κ2) is 7.20. The molecule has 0 saturated carbocycles. The number of hydrogen-bond donors (Lipinski definition) is 2. The van der Waals surface area contributed by atoms with E-state index in [0.29, 0.717) is 6.54 Å². The highest BCUT2D eigenvalue weighted by Crippen LogP contribution is 2.30. The van der Waals surface area contributed by atoms with Crippen LogP contribution in [0.3, 0.4) is 0 Å². The van der Waals surface area contributed by atoms with Gasteiger partial charge >= 0.3 is 0 Å².